The van der Waals surface area contributed by atoms with E-state index in [1.54, 1.807) is 11.3 Å². The van der Waals surface area contributed by atoms with Crippen LogP contribution in [0.3, 0.4) is 0 Å². The van der Waals surface area contributed by atoms with E-state index in [9.17, 15) is 13.2 Å². The zero-order valence-corrected chi connectivity index (χ0v) is 13.3. The summed E-state index contributed by atoms with van der Waals surface area (Å²) in [5, 5.41) is 5.20. The maximum absolute atomic E-state index is 13.7. The van der Waals surface area contributed by atoms with Gasteiger partial charge < -0.3 is 5.32 Å². The summed E-state index contributed by atoms with van der Waals surface area (Å²) in [6.45, 7) is -0.122. The first-order chi connectivity index (χ1) is 11.6. The highest BCUT2D eigenvalue weighted by molar-refractivity contribution is 7.25. The normalized spacial score (nSPS) is 11.3. The Kier molecular flexibility index (Phi) is 3.65. The van der Waals surface area contributed by atoms with Crippen molar-refractivity contribution in [1.82, 2.24) is 0 Å². The van der Waals surface area contributed by atoms with E-state index in [0.29, 0.717) is 0 Å². The van der Waals surface area contributed by atoms with Gasteiger partial charge >= 0.3 is 0 Å². The minimum Gasteiger partial charge on any atom is -0.381 e. The Morgan fingerprint density at radius 3 is 2.42 bits per heavy atom. The lowest BCUT2D eigenvalue weighted by molar-refractivity contribution is 0.482. The van der Waals surface area contributed by atoms with E-state index in [1.165, 1.54) is 4.70 Å². The number of benzene rings is 3. The molecule has 0 saturated carbocycles. The molecule has 4 rings (SSSR count). The number of fused-ring (bicyclic) bond motifs is 3. The third kappa shape index (κ3) is 2.51. The monoisotopic (exact) mass is 343 g/mol. The van der Waals surface area contributed by atoms with Gasteiger partial charge in [0.1, 0.15) is 5.82 Å². The molecule has 0 saturated heterocycles. The Labute approximate surface area is 140 Å². The summed E-state index contributed by atoms with van der Waals surface area (Å²) in [4.78, 5) is 0. The Balaban J connectivity index is 1.68. The summed E-state index contributed by atoms with van der Waals surface area (Å²) < 4.78 is 43.0. The van der Waals surface area contributed by atoms with E-state index < -0.39 is 17.5 Å². The highest BCUT2D eigenvalue weighted by atomic mass is 32.1. The molecular weight excluding hydrogens is 331 g/mol. The van der Waals surface area contributed by atoms with Gasteiger partial charge in [0.15, 0.2) is 11.6 Å². The third-order valence-corrected chi connectivity index (χ3v) is 5.14. The molecule has 4 aromatic rings. The van der Waals surface area contributed by atoms with Gasteiger partial charge in [-0.15, -0.1) is 11.3 Å². The van der Waals surface area contributed by atoms with Crippen molar-refractivity contribution in [3.8, 4) is 0 Å². The predicted molar refractivity (Wildman–Crippen MR) is 93.0 cm³/mol. The number of nitrogens with one attached hydrogen (secondary N) is 1. The van der Waals surface area contributed by atoms with E-state index in [1.807, 2.05) is 36.4 Å². The smallest absolute Gasteiger partial charge is 0.166 e. The molecule has 0 spiro atoms. The van der Waals surface area contributed by atoms with Gasteiger partial charge in [0.05, 0.1) is 0 Å². The first-order valence-electron chi connectivity index (χ1n) is 7.41. The Hall–Kier alpha value is -2.53. The molecule has 1 N–H and O–H groups in total. The first-order valence-corrected chi connectivity index (χ1v) is 8.22. The maximum Gasteiger partial charge on any atom is 0.166 e. The number of hydrogen-bond acceptors (Lipinski definition) is 2. The molecule has 0 radical (unpaired) electrons. The van der Waals surface area contributed by atoms with Crippen molar-refractivity contribution >= 4 is 37.2 Å². The van der Waals surface area contributed by atoms with Gasteiger partial charge in [0.2, 0.25) is 0 Å². The fraction of sp³-hybridized carbons (Fsp3) is 0.0526. The van der Waals surface area contributed by atoms with Crippen LogP contribution >= 0.6 is 11.3 Å². The molecule has 0 aliphatic rings. The summed E-state index contributed by atoms with van der Waals surface area (Å²) in [5.74, 6) is -2.96. The second-order valence-electron chi connectivity index (χ2n) is 5.48. The lowest BCUT2D eigenvalue weighted by Crippen LogP contribution is -2.06. The second kappa shape index (κ2) is 5.83. The van der Waals surface area contributed by atoms with Gasteiger partial charge in [-0.25, -0.2) is 13.2 Å². The maximum atomic E-state index is 13.7. The van der Waals surface area contributed by atoms with Gasteiger partial charge in [-0.2, -0.15) is 0 Å². The van der Waals surface area contributed by atoms with Crippen molar-refractivity contribution < 1.29 is 13.2 Å². The quantitative estimate of drug-likeness (QED) is 0.444. The van der Waals surface area contributed by atoms with Crippen LogP contribution in [0.2, 0.25) is 0 Å². The Bertz CT molecular complexity index is 1060. The lowest BCUT2D eigenvalue weighted by atomic mass is 10.1. The third-order valence-electron chi connectivity index (χ3n) is 3.98. The van der Waals surface area contributed by atoms with Gasteiger partial charge in [0.25, 0.3) is 0 Å². The highest BCUT2D eigenvalue weighted by Crippen LogP contribution is 2.35. The lowest BCUT2D eigenvalue weighted by Gasteiger charge is -2.09. The molecule has 3 aromatic carbocycles. The summed E-state index contributed by atoms with van der Waals surface area (Å²) >= 11 is 1.69. The van der Waals surface area contributed by atoms with Crippen LogP contribution in [0.4, 0.5) is 18.9 Å². The fourth-order valence-electron chi connectivity index (χ4n) is 2.76. The van der Waals surface area contributed by atoms with E-state index in [0.717, 1.165) is 33.3 Å². The molecule has 120 valence electrons. The minimum absolute atomic E-state index is 0.122. The zero-order chi connectivity index (χ0) is 16.7. The van der Waals surface area contributed by atoms with Crippen molar-refractivity contribution in [1.29, 1.82) is 0 Å². The first kappa shape index (κ1) is 15.0. The van der Waals surface area contributed by atoms with Crippen LogP contribution < -0.4 is 5.32 Å². The van der Waals surface area contributed by atoms with E-state index in [2.05, 4.69) is 11.4 Å². The van der Waals surface area contributed by atoms with E-state index >= 15 is 0 Å². The average Bonchev–Trinajstić information content (AvgIpc) is 2.96. The van der Waals surface area contributed by atoms with Crippen molar-refractivity contribution in [3.63, 3.8) is 0 Å². The Morgan fingerprint density at radius 2 is 1.54 bits per heavy atom. The number of halogens is 3. The average molecular weight is 343 g/mol. The van der Waals surface area contributed by atoms with Gasteiger partial charge in [-0.3, -0.25) is 0 Å². The number of thiophene rings is 1. The predicted octanol–water partition coefficient (Wildman–Crippen LogP) is 6.08. The molecule has 0 bridgehead atoms. The molecule has 0 fully saturated rings. The van der Waals surface area contributed by atoms with Crippen LogP contribution in [0.25, 0.3) is 20.2 Å². The SMILES string of the molecule is Fc1ccc(F)c(CNc2ccc3sc4ccccc4c3c2)c1F. The van der Waals surface area contributed by atoms with Gasteiger partial charge in [0, 0.05) is 38.0 Å². The summed E-state index contributed by atoms with van der Waals surface area (Å²) in [7, 11) is 0. The summed E-state index contributed by atoms with van der Waals surface area (Å²) in [5.41, 5.74) is 0.430. The molecule has 0 atom stereocenters. The molecule has 5 heteroatoms. The van der Waals surface area contributed by atoms with Gasteiger partial charge in [-0.05, 0) is 36.4 Å². The summed E-state index contributed by atoms with van der Waals surface area (Å²) in [6.07, 6.45) is 0. The van der Waals surface area contributed by atoms with E-state index in [4.69, 9.17) is 0 Å². The highest BCUT2D eigenvalue weighted by Gasteiger charge is 2.13. The zero-order valence-electron chi connectivity index (χ0n) is 12.4. The van der Waals surface area contributed by atoms with Crippen molar-refractivity contribution in [3.05, 3.63) is 77.6 Å². The van der Waals surface area contributed by atoms with Crippen LogP contribution in [-0.4, -0.2) is 0 Å². The number of hydrogen-bond donors (Lipinski definition) is 1. The van der Waals surface area contributed by atoms with Crippen molar-refractivity contribution in [2.75, 3.05) is 5.32 Å². The summed E-state index contributed by atoms with van der Waals surface area (Å²) in [6, 6.07) is 15.6. The molecule has 0 aliphatic carbocycles. The van der Waals surface area contributed by atoms with Gasteiger partial charge in [-0.1, -0.05) is 18.2 Å². The molecule has 0 amide bonds. The molecular formula is C19H12F3NS. The second-order valence-corrected chi connectivity index (χ2v) is 6.57. The van der Waals surface area contributed by atoms with Crippen molar-refractivity contribution in [2.24, 2.45) is 0 Å². The molecule has 1 nitrogen and oxygen atoms in total. The molecule has 0 unspecified atom stereocenters. The largest absolute Gasteiger partial charge is 0.381 e. The van der Waals surface area contributed by atoms with E-state index in [-0.39, 0.29) is 12.1 Å². The van der Waals surface area contributed by atoms with Crippen LogP contribution in [0, 0.1) is 17.5 Å². The van der Waals surface area contributed by atoms with Crippen LogP contribution in [-0.2, 0) is 6.54 Å². The van der Waals surface area contributed by atoms with Crippen LogP contribution in [0.15, 0.2) is 54.6 Å². The molecule has 1 aromatic heterocycles. The van der Waals surface area contributed by atoms with Crippen LogP contribution in [0.1, 0.15) is 5.56 Å². The number of rotatable bonds is 3. The van der Waals surface area contributed by atoms with Crippen molar-refractivity contribution in [2.45, 2.75) is 6.54 Å². The molecule has 0 aliphatic heterocycles. The topological polar surface area (TPSA) is 12.0 Å². The van der Waals surface area contributed by atoms with Crippen LogP contribution in [0.5, 0.6) is 0 Å². The molecule has 1 heterocycles. The number of anilines is 1. The molecule has 24 heavy (non-hydrogen) atoms. The minimum atomic E-state index is -1.15. The Morgan fingerprint density at radius 1 is 0.792 bits per heavy atom. The fourth-order valence-corrected chi connectivity index (χ4v) is 3.84. The standard InChI is InChI=1S/C19H12F3NS/c20-15-6-7-16(21)19(22)14(15)10-23-11-5-8-18-13(9-11)12-3-1-2-4-17(12)24-18/h1-9,23H,10H2.